The van der Waals surface area contributed by atoms with Crippen LogP contribution < -0.4 is 10.6 Å². The average molecular weight is 382 g/mol. The number of hydrogen-bond donors (Lipinski definition) is 3. The third kappa shape index (κ3) is 9.28. The molecule has 1 unspecified atom stereocenters. The molecule has 7 heteroatoms. The van der Waals surface area contributed by atoms with E-state index in [1.54, 1.807) is 13.0 Å². The molecule has 1 rings (SSSR count). The summed E-state index contributed by atoms with van der Waals surface area (Å²) in [6.45, 7) is 5.05. The number of aliphatic hydroxyl groups excluding tert-OH is 1. The van der Waals surface area contributed by atoms with Crippen molar-refractivity contribution in [2.75, 3.05) is 0 Å². The van der Waals surface area contributed by atoms with E-state index >= 15 is 0 Å². The molecule has 0 radical (unpaired) electrons. The van der Waals surface area contributed by atoms with E-state index in [1.807, 2.05) is 6.92 Å². The molecule has 0 heterocycles. The Morgan fingerprint density at radius 1 is 1.19 bits per heavy atom. The number of aliphatic hydroxyl groups is 1. The molecule has 0 fully saturated rings. The van der Waals surface area contributed by atoms with E-state index in [2.05, 4.69) is 10.6 Å². The predicted octanol–water partition coefficient (Wildman–Crippen LogP) is 2.62. The van der Waals surface area contributed by atoms with Crippen LogP contribution in [-0.2, 0) is 16.0 Å². The molecule has 0 aliphatic heterocycles. The minimum atomic E-state index is -1.00. The Morgan fingerprint density at radius 3 is 2.37 bits per heavy atom. The molecule has 0 aliphatic carbocycles. The third-order valence-corrected chi connectivity index (χ3v) is 3.94. The van der Waals surface area contributed by atoms with Crippen LogP contribution in [0.15, 0.2) is 30.4 Å². The summed E-state index contributed by atoms with van der Waals surface area (Å²) < 4.78 is 26.8. The molecular weight excluding hydrogens is 354 g/mol. The Bertz CT molecular complexity index is 644. The van der Waals surface area contributed by atoms with Crippen LogP contribution in [-0.4, -0.2) is 35.1 Å². The van der Waals surface area contributed by atoms with Crippen molar-refractivity contribution in [2.24, 2.45) is 0 Å². The predicted molar refractivity (Wildman–Crippen MR) is 99.9 cm³/mol. The summed E-state index contributed by atoms with van der Waals surface area (Å²) >= 11 is 0. The second kappa shape index (κ2) is 11.4. The molecular formula is C20H28F2N2O3. The number of unbranched alkanes of at least 4 members (excludes halogenated alkanes) is 1. The summed E-state index contributed by atoms with van der Waals surface area (Å²) in [6.07, 6.45) is 4.21. The largest absolute Gasteiger partial charge is 0.391 e. The van der Waals surface area contributed by atoms with Crippen LogP contribution in [0.1, 0.15) is 45.6 Å². The number of carbonyl (C=O) groups excluding carboxylic acids is 2. The molecule has 0 aliphatic rings. The first-order valence-electron chi connectivity index (χ1n) is 9.08. The monoisotopic (exact) mass is 382 g/mol. The summed E-state index contributed by atoms with van der Waals surface area (Å²) in [5, 5.41) is 15.8. The molecule has 0 bridgehead atoms. The molecule has 0 spiro atoms. The Balaban J connectivity index is 2.72. The zero-order chi connectivity index (χ0) is 20.4. The number of nitrogens with one attached hydrogen (secondary N) is 2. The van der Waals surface area contributed by atoms with E-state index in [4.69, 9.17) is 0 Å². The van der Waals surface area contributed by atoms with Crippen LogP contribution in [0, 0.1) is 11.6 Å². The number of halogens is 2. The maximum absolute atomic E-state index is 13.4. The second-order valence-corrected chi connectivity index (χ2v) is 6.69. The molecule has 150 valence electrons. The van der Waals surface area contributed by atoms with Gasteiger partial charge in [0, 0.05) is 19.0 Å². The quantitative estimate of drug-likeness (QED) is 0.545. The number of carbonyl (C=O) groups is 2. The van der Waals surface area contributed by atoms with Crippen LogP contribution in [0.5, 0.6) is 0 Å². The second-order valence-electron chi connectivity index (χ2n) is 6.69. The molecule has 2 amide bonds. The Hall–Kier alpha value is -2.28. The summed E-state index contributed by atoms with van der Waals surface area (Å²) in [5.74, 6) is -2.07. The highest BCUT2D eigenvalue weighted by atomic mass is 19.1. The van der Waals surface area contributed by atoms with Gasteiger partial charge in [-0.1, -0.05) is 19.4 Å². The lowest BCUT2D eigenvalue weighted by Gasteiger charge is -2.26. The van der Waals surface area contributed by atoms with Gasteiger partial charge in [-0.05, 0) is 50.0 Å². The van der Waals surface area contributed by atoms with Crippen LogP contribution in [0.4, 0.5) is 8.78 Å². The Kier molecular flexibility index (Phi) is 9.64. The van der Waals surface area contributed by atoms with Crippen molar-refractivity contribution < 1.29 is 23.5 Å². The third-order valence-electron chi connectivity index (χ3n) is 3.94. The maximum Gasteiger partial charge on any atom is 0.243 e. The van der Waals surface area contributed by atoms with Crippen molar-refractivity contribution >= 4 is 11.8 Å². The highest BCUT2D eigenvalue weighted by Crippen LogP contribution is 2.14. The summed E-state index contributed by atoms with van der Waals surface area (Å²) in [4.78, 5) is 23.2. The fourth-order valence-electron chi connectivity index (χ4n) is 2.76. The Labute approximate surface area is 158 Å². The number of hydrogen-bond acceptors (Lipinski definition) is 3. The molecule has 1 aromatic carbocycles. The summed E-state index contributed by atoms with van der Waals surface area (Å²) in [7, 11) is 0. The van der Waals surface area contributed by atoms with Crippen molar-refractivity contribution in [3.63, 3.8) is 0 Å². The van der Waals surface area contributed by atoms with Crippen LogP contribution in [0.2, 0.25) is 0 Å². The number of rotatable bonds is 10. The molecule has 3 N–H and O–H groups in total. The standard InChI is InChI=1S/C20H28F2N2O3/c1-4-5-6-7-20(27)23-13(2)8-19(26)18(24-14(3)25)11-15-9-16(21)12-17(22)10-15/h6-7,9-10,12-13,18-19,26H,4-5,8,11H2,1-3H3,(H,23,27)(H,24,25)/b7-6+/t13?,18-,19-/m0/s1. The van der Waals surface area contributed by atoms with Gasteiger partial charge in [0.05, 0.1) is 12.1 Å². The fraction of sp³-hybridized carbons (Fsp3) is 0.500. The number of amides is 2. The lowest BCUT2D eigenvalue weighted by molar-refractivity contribution is -0.121. The zero-order valence-corrected chi connectivity index (χ0v) is 16.0. The van der Waals surface area contributed by atoms with Crippen LogP contribution >= 0.6 is 0 Å². The fourth-order valence-corrected chi connectivity index (χ4v) is 2.76. The summed E-state index contributed by atoms with van der Waals surface area (Å²) in [5.41, 5.74) is 0.324. The van der Waals surface area contributed by atoms with Gasteiger partial charge in [0.25, 0.3) is 0 Å². The first-order valence-corrected chi connectivity index (χ1v) is 9.08. The lowest BCUT2D eigenvalue weighted by atomic mass is 9.96. The molecule has 0 saturated carbocycles. The molecule has 0 aromatic heterocycles. The van der Waals surface area contributed by atoms with Crippen molar-refractivity contribution in [1.82, 2.24) is 10.6 Å². The molecule has 3 atom stereocenters. The van der Waals surface area contributed by atoms with Gasteiger partial charge in [0.2, 0.25) is 11.8 Å². The zero-order valence-electron chi connectivity index (χ0n) is 16.0. The van der Waals surface area contributed by atoms with E-state index in [0.29, 0.717) is 5.56 Å². The van der Waals surface area contributed by atoms with Gasteiger partial charge in [0.1, 0.15) is 11.6 Å². The molecule has 0 saturated heterocycles. The normalized spacial score (nSPS) is 14.6. The van der Waals surface area contributed by atoms with E-state index in [0.717, 1.165) is 31.0 Å². The van der Waals surface area contributed by atoms with Crippen LogP contribution in [0.25, 0.3) is 0 Å². The topological polar surface area (TPSA) is 78.4 Å². The van der Waals surface area contributed by atoms with Gasteiger partial charge in [-0.25, -0.2) is 8.78 Å². The van der Waals surface area contributed by atoms with Gasteiger partial charge in [-0.3, -0.25) is 9.59 Å². The van der Waals surface area contributed by atoms with Crippen LogP contribution in [0.3, 0.4) is 0 Å². The first-order chi connectivity index (χ1) is 12.7. The van der Waals surface area contributed by atoms with Crippen molar-refractivity contribution in [3.8, 4) is 0 Å². The van der Waals surface area contributed by atoms with Gasteiger partial charge < -0.3 is 15.7 Å². The van der Waals surface area contributed by atoms with Gasteiger partial charge >= 0.3 is 0 Å². The number of benzene rings is 1. The Morgan fingerprint density at radius 2 is 1.81 bits per heavy atom. The van der Waals surface area contributed by atoms with E-state index < -0.39 is 23.8 Å². The molecule has 5 nitrogen and oxygen atoms in total. The molecule has 27 heavy (non-hydrogen) atoms. The smallest absolute Gasteiger partial charge is 0.243 e. The SMILES string of the molecule is CCC/C=C/C(=O)NC(C)C[C@H](O)[C@H](Cc1cc(F)cc(F)c1)NC(C)=O. The minimum Gasteiger partial charge on any atom is -0.391 e. The first kappa shape index (κ1) is 22.8. The average Bonchev–Trinajstić information content (AvgIpc) is 2.52. The van der Waals surface area contributed by atoms with E-state index in [9.17, 15) is 23.5 Å². The minimum absolute atomic E-state index is 0.0620. The van der Waals surface area contributed by atoms with Gasteiger partial charge in [-0.2, -0.15) is 0 Å². The highest BCUT2D eigenvalue weighted by Gasteiger charge is 2.23. The van der Waals surface area contributed by atoms with Gasteiger partial charge in [0.15, 0.2) is 0 Å². The van der Waals surface area contributed by atoms with E-state index in [-0.39, 0.29) is 30.7 Å². The maximum atomic E-state index is 13.4. The van der Waals surface area contributed by atoms with Gasteiger partial charge in [-0.15, -0.1) is 0 Å². The lowest BCUT2D eigenvalue weighted by Crippen LogP contribution is -2.47. The highest BCUT2D eigenvalue weighted by molar-refractivity contribution is 5.87. The van der Waals surface area contributed by atoms with Crippen molar-refractivity contribution in [3.05, 3.63) is 47.5 Å². The number of allylic oxidation sites excluding steroid dienone is 1. The molecule has 1 aromatic rings. The van der Waals surface area contributed by atoms with Crippen molar-refractivity contribution in [1.29, 1.82) is 0 Å². The van der Waals surface area contributed by atoms with Crippen molar-refractivity contribution in [2.45, 2.75) is 64.6 Å². The summed E-state index contributed by atoms with van der Waals surface area (Å²) in [6, 6.07) is 2.00. The van der Waals surface area contributed by atoms with E-state index in [1.165, 1.54) is 13.0 Å².